The Bertz CT molecular complexity index is 182. The topological polar surface area (TPSA) is 0 Å². The van der Waals surface area contributed by atoms with E-state index in [0.717, 1.165) is 11.2 Å². The van der Waals surface area contributed by atoms with Crippen molar-refractivity contribution in [1.82, 2.24) is 0 Å². The van der Waals surface area contributed by atoms with Gasteiger partial charge in [0.25, 0.3) is 0 Å². The van der Waals surface area contributed by atoms with Gasteiger partial charge in [-0.3, -0.25) is 0 Å². The Labute approximate surface area is 94.2 Å². The van der Waals surface area contributed by atoms with Crippen LogP contribution in [0.4, 0.5) is 0 Å². The first-order valence-electron chi connectivity index (χ1n) is 5.80. The molecule has 14 heavy (non-hydrogen) atoms. The second-order valence-corrected chi connectivity index (χ2v) is 8.29. The first-order chi connectivity index (χ1) is 6.18. The first-order valence-corrected chi connectivity index (χ1v) is 6.85. The smallest absolute Gasteiger partial charge is 0.00986 e. The molecule has 0 saturated carbocycles. The molecule has 1 rings (SSSR count). The zero-order valence-electron chi connectivity index (χ0n) is 10.7. The number of hydrogen-bond acceptors (Lipinski definition) is 1. The molecule has 1 aliphatic rings. The van der Waals surface area contributed by atoms with Crippen LogP contribution in [0.1, 0.15) is 54.4 Å². The SMILES string of the molecule is CC(C)(C)CC1CSC(C(C)(C)C)C1. The van der Waals surface area contributed by atoms with Gasteiger partial charge in [-0.1, -0.05) is 41.5 Å². The second-order valence-electron chi connectivity index (χ2n) is 7.05. The lowest BCUT2D eigenvalue weighted by atomic mass is 9.80. The molecule has 1 fully saturated rings. The number of thioether (sulfide) groups is 1. The van der Waals surface area contributed by atoms with E-state index in [2.05, 4.69) is 53.3 Å². The normalized spacial score (nSPS) is 29.6. The van der Waals surface area contributed by atoms with Crippen molar-refractivity contribution < 1.29 is 0 Å². The van der Waals surface area contributed by atoms with E-state index < -0.39 is 0 Å². The average molecular weight is 214 g/mol. The molecule has 84 valence electrons. The monoisotopic (exact) mass is 214 g/mol. The van der Waals surface area contributed by atoms with Crippen molar-refractivity contribution >= 4 is 11.8 Å². The van der Waals surface area contributed by atoms with Gasteiger partial charge in [-0.15, -0.1) is 0 Å². The van der Waals surface area contributed by atoms with Crippen molar-refractivity contribution in [2.75, 3.05) is 5.75 Å². The molecule has 0 aromatic rings. The lowest BCUT2D eigenvalue weighted by molar-refractivity contribution is 0.282. The molecule has 2 unspecified atom stereocenters. The molecule has 1 heterocycles. The molecule has 0 bridgehead atoms. The molecule has 0 nitrogen and oxygen atoms in total. The van der Waals surface area contributed by atoms with Gasteiger partial charge in [-0.25, -0.2) is 0 Å². The summed E-state index contributed by atoms with van der Waals surface area (Å²) in [4.78, 5) is 0. The highest BCUT2D eigenvalue weighted by atomic mass is 32.2. The molecule has 0 aliphatic carbocycles. The van der Waals surface area contributed by atoms with Crippen molar-refractivity contribution in [1.29, 1.82) is 0 Å². The predicted octanol–water partition coefficient (Wildman–Crippen LogP) is 4.59. The minimum atomic E-state index is 0.497. The summed E-state index contributed by atoms with van der Waals surface area (Å²) in [5.41, 5.74) is 1.01. The predicted molar refractivity (Wildman–Crippen MR) is 67.9 cm³/mol. The minimum Gasteiger partial charge on any atom is -0.158 e. The van der Waals surface area contributed by atoms with Gasteiger partial charge in [0.1, 0.15) is 0 Å². The average Bonchev–Trinajstić information content (AvgIpc) is 2.29. The van der Waals surface area contributed by atoms with E-state index in [0.29, 0.717) is 10.8 Å². The second kappa shape index (κ2) is 4.08. The van der Waals surface area contributed by atoms with Crippen LogP contribution in [0.25, 0.3) is 0 Å². The Hall–Kier alpha value is 0.350. The molecule has 0 spiro atoms. The summed E-state index contributed by atoms with van der Waals surface area (Å²) in [6, 6.07) is 0. The summed E-state index contributed by atoms with van der Waals surface area (Å²) >= 11 is 2.20. The highest BCUT2D eigenvalue weighted by Gasteiger charge is 2.34. The van der Waals surface area contributed by atoms with Crippen molar-refractivity contribution in [2.45, 2.75) is 59.6 Å². The van der Waals surface area contributed by atoms with Crippen LogP contribution in [0.15, 0.2) is 0 Å². The van der Waals surface area contributed by atoms with Crippen molar-refractivity contribution in [3.05, 3.63) is 0 Å². The minimum absolute atomic E-state index is 0.497. The molecule has 1 saturated heterocycles. The van der Waals surface area contributed by atoms with Crippen molar-refractivity contribution in [3.63, 3.8) is 0 Å². The van der Waals surface area contributed by atoms with Crippen LogP contribution >= 0.6 is 11.8 Å². The lowest BCUT2D eigenvalue weighted by Crippen LogP contribution is -2.22. The quantitative estimate of drug-likeness (QED) is 0.615. The van der Waals surface area contributed by atoms with Gasteiger partial charge in [0.2, 0.25) is 0 Å². The molecule has 0 radical (unpaired) electrons. The van der Waals surface area contributed by atoms with E-state index in [9.17, 15) is 0 Å². The summed E-state index contributed by atoms with van der Waals surface area (Å²) in [6.45, 7) is 14.2. The fraction of sp³-hybridized carbons (Fsp3) is 1.00. The summed E-state index contributed by atoms with van der Waals surface area (Å²) in [5.74, 6) is 2.35. The van der Waals surface area contributed by atoms with Crippen LogP contribution in [0.2, 0.25) is 0 Å². The van der Waals surface area contributed by atoms with Gasteiger partial charge in [0.05, 0.1) is 0 Å². The highest BCUT2D eigenvalue weighted by Crippen LogP contribution is 2.45. The Morgan fingerprint density at radius 3 is 2.00 bits per heavy atom. The Kier molecular flexibility index (Phi) is 3.62. The maximum absolute atomic E-state index is 2.38. The summed E-state index contributed by atoms with van der Waals surface area (Å²) in [5, 5.41) is 0.884. The molecule has 0 N–H and O–H groups in total. The van der Waals surface area contributed by atoms with E-state index in [4.69, 9.17) is 0 Å². The fourth-order valence-corrected chi connectivity index (χ4v) is 3.97. The van der Waals surface area contributed by atoms with E-state index in [1.54, 1.807) is 0 Å². The van der Waals surface area contributed by atoms with Crippen molar-refractivity contribution in [3.8, 4) is 0 Å². The Morgan fingerprint density at radius 2 is 1.64 bits per heavy atom. The summed E-state index contributed by atoms with van der Waals surface area (Å²) < 4.78 is 0. The maximum Gasteiger partial charge on any atom is 0.00986 e. The first kappa shape index (κ1) is 12.4. The van der Waals surface area contributed by atoms with Gasteiger partial charge in [0.15, 0.2) is 0 Å². The van der Waals surface area contributed by atoms with E-state index in [-0.39, 0.29) is 0 Å². The summed E-state index contributed by atoms with van der Waals surface area (Å²) in [6.07, 6.45) is 2.83. The van der Waals surface area contributed by atoms with Crippen LogP contribution in [0, 0.1) is 16.7 Å². The summed E-state index contributed by atoms with van der Waals surface area (Å²) in [7, 11) is 0. The largest absolute Gasteiger partial charge is 0.158 e. The van der Waals surface area contributed by atoms with Crippen LogP contribution < -0.4 is 0 Å². The third-order valence-electron chi connectivity index (χ3n) is 2.95. The van der Waals surface area contributed by atoms with Crippen molar-refractivity contribution in [2.24, 2.45) is 16.7 Å². The van der Waals surface area contributed by atoms with Gasteiger partial charge in [0, 0.05) is 5.25 Å². The highest BCUT2D eigenvalue weighted by molar-refractivity contribution is 8.00. The van der Waals surface area contributed by atoms with E-state index >= 15 is 0 Å². The van der Waals surface area contributed by atoms with Gasteiger partial charge in [-0.2, -0.15) is 11.8 Å². The molecule has 0 aromatic carbocycles. The fourth-order valence-electron chi connectivity index (χ4n) is 2.30. The Balaban J connectivity index is 2.42. The maximum atomic E-state index is 2.38. The zero-order valence-corrected chi connectivity index (χ0v) is 11.5. The Morgan fingerprint density at radius 1 is 1.07 bits per heavy atom. The third-order valence-corrected chi connectivity index (χ3v) is 4.91. The number of hydrogen-bond donors (Lipinski definition) is 0. The van der Waals surface area contributed by atoms with Gasteiger partial charge >= 0.3 is 0 Å². The third kappa shape index (κ3) is 3.84. The van der Waals surface area contributed by atoms with Crippen LogP contribution in [-0.4, -0.2) is 11.0 Å². The molecule has 0 amide bonds. The molecular weight excluding hydrogens is 188 g/mol. The molecule has 0 aromatic heterocycles. The molecule has 1 aliphatic heterocycles. The lowest BCUT2D eigenvalue weighted by Gasteiger charge is -2.27. The van der Waals surface area contributed by atoms with Gasteiger partial charge < -0.3 is 0 Å². The van der Waals surface area contributed by atoms with E-state index in [1.807, 2.05) is 0 Å². The van der Waals surface area contributed by atoms with Crippen LogP contribution in [0.5, 0.6) is 0 Å². The number of rotatable bonds is 1. The van der Waals surface area contributed by atoms with Crippen LogP contribution in [-0.2, 0) is 0 Å². The van der Waals surface area contributed by atoms with Crippen LogP contribution in [0.3, 0.4) is 0 Å². The molecule has 2 atom stereocenters. The molecule has 1 heteroatoms. The molecular formula is C13H26S. The van der Waals surface area contributed by atoms with Gasteiger partial charge in [-0.05, 0) is 35.3 Å². The standard InChI is InChI=1S/C13H26S/c1-12(2,3)8-10-7-11(14-9-10)13(4,5)6/h10-11H,7-9H2,1-6H3. The zero-order chi connectivity index (χ0) is 11.0. The van der Waals surface area contributed by atoms with E-state index in [1.165, 1.54) is 18.6 Å².